The van der Waals surface area contributed by atoms with Crippen LogP contribution in [0.1, 0.15) is 25.0 Å². The van der Waals surface area contributed by atoms with E-state index in [2.05, 4.69) is 20.9 Å². The van der Waals surface area contributed by atoms with Gasteiger partial charge in [-0.05, 0) is 55.2 Å². The lowest BCUT2D eigenvalue weighted by Gasteiger charge is -2.12. The Bertz CT molecular complexity index is 953. The smallest absolute Gasteiger partial charge is 0.221 e. The lowest BCUT2D eigenvalue weighted by molar-refractivity contribution is -0.114. The molecule has 0 bridgehead atoms. The van der Waals surface area contributed by atoms with E-state index in [1.54, 1.807) is 12.1 Å². The molecular weight excluding hydrogens is 400 g/mol. The normalized spacial score (nSPS) is 11.8. The number of guanidine groups is 1. The summed E-state index contributed by atoms with van der Waals surface area (Å²) in [7, 11) is -3.17. The minimum Gasteiger partial charge on any atom is -0.357 e. The van der Waals surface area contributed by atoms with Gasteiger partial charge in [-0.25, -0.2) is 8.42 Å². The fraction of sp³-hybridized carbons (Fsp3) is 0.364. The first-order valence-corrected chi connectivity index (χ1v) is 11.8. The number of benzene rings is 2. The van der Waals surface area contributed by atoms with E-state index in [0.717, 1.165) is 43.1 Å². The molecule has 0 unspecified atom stereocenters. The molecule has 0 aliphatic carbocycles. The van der Waals surface area contributed by atoms with Gasteiger partial charge in [0, 0.05) is 38.5 Å². The highest BCUT2D eigenvalue weighted by Gasteiger charge is 2.06. The Kier molecular flexibility index (Phi) is 8.86. The van der Waals surface area contributed by atoms with Crippen LogP contribution in [0.4, 0.5) is 5.69 Å². The van der Waals surface area contributed by atoms with E-state index in [-0.39, 0.29) is 5.91 Å². The summed E-state index contributed by atoms with van der Waals surface area (Å²) in [5, 5.41) is 9.30. The zero-order chi connectivity index (χ0) is 22.0. The standard InChI is InChI=1S/C22H30N4O3S/c1-4-23-22(24-15-13-18-5-9-20(10-6-18)26-17(2)27)25-16-14-19-7-11-21(12-8-19)30(3,28)29/h5-12H,4,13-16H2,1-3H3,(H,26,27)(H2,23,24,25). The lowest BCUT2D eigenvalue weighted by atomic mass is 10.1. The molecule has 0 spiro atoms. The van der Waals surface area contributed by atoms with Gasteiger partial charge in [0.05, 0.1) is 4.90 Å². The van der Waals surface area contributed by atoms with E-state index in [9.17, 15) is 13.2 Å². The van der Waals surface area contributed by atoms with E-state index >= 15 is 0 Å². The van der Waals surface area contributed by atoms with Crippen molar-refractivity contribution in [1.29, 1.82) is 0 Å². The van der Waals surface area contributed by atoms with Gasteiger partial charge in [-0.1, -0.05) is 24.3 Å². The van der Waals surface area contributed by atoms with Crippen molar-refractivity contribution >= 4 is 27.4 Å². The molecule has 1 amide bonds. The van der Waals surface area contributed by atoms with Crippen molar-refractivity contribution in [2.75, 3.05) is 31.2 Å². The van der Waals surface area contributed by atoms with Crippen molar-refractivity contribution in [1.82, 2.24) is 10.6 Å². The Labute approximate surface area is 178 Å². The molecule has 0 fully saturated rings. The van der Waals surface area contributed by atoms with Gasteiger partial charge in [-0.3, -0.25) is 9.79 Å². The summed E-state index contributed by atoms with van der Waals surface area (Å²) in [5.41, 5.74) is 3.00. The van der Waals surface area contributed by atoms with Crippen LogP contribution in [-0.2, 0) is 27.5 Å². The molecule has 0 aromatic heterocycles. The molecular formula is C22H30N4O3S. The molecule has 8 heteroatoms. The Hall–Kier alpha value is -2.87. The van der Waals surface area contributed by atoms with Crippen molar-refractivity contribution in [2.24, 2.45) is 4.99 Å². The number of carbonyl (C=O) groups excluding carboxylic acids is 1. The zero-order valence-corrected chi connectivity index (χ0v) is 18.6. The van der Waals surface area contributed by atoms with Gasteiger partial charge in [-0.2, -0.15) is 0 Å². The quantitative estimate of drug-likeness (QED) is 0.419. The zero-order valence-electron chi connectivity index (χ0n) is 17.7. The molecule has 30 heavy (non-hydrogen) atoms. The minimum absolute atomic E-state index is 0.0813. The highest BCUT2D eigenvalue weighted by molar-refractivity contribution is 7.90. The van der Waals surface area contributed by atoms with Crippen LogP contribution >= 0.6 is 0 Å². The van der Waals surface area contributed by atoms with Gasteiger partial charge < -0.3 is 16.0 Å². The first-order chi connectivity index (χ1) is 14.3. The summed E-state index contributed by atoms with van der Waals surface area (Å²) in [6, 6.07) is 14.7. The molecule has 0 aliphatic rings. The summed E-state index contributed by atoms with van der Waals surface area (Å²) >= 11 is 0. The summed E-state index contributed by atoms with van der Waals surface area (Å²) < 4.78 is 23.1. The van der Waals surface area contributed by atoms with Crippen LogP contribution in [0.25, 0.3) is 0 Å². The SMILES string of the molecule is CCNC(=NCCc1ccc(S(C)(=O)=O)cc1)NCCc1ccc(NC(C)=O)cc1. The van der Waals surface area contributed by atoms with Gasteiger partial charge in [0.2, 0.25) is 5.91 Å². The predicted octanol–water partition coefficient (Wildman–Crippen LogP) is 2.39. The number of anilines is 1. The monoisotopic (exact) mass is 430 g/mol. The summed E-state index contributed by atoms with van der Waals surface area (Å²) in [4.78, 5) is 16.0. The molecule has 0 atom stereocenters. The molecule has 2 aromatic rings. The molecule has 0 aliphatic heterocycles. The predicted molar refractivity (Wildman–Crippen MR) is 122 cm³/mol. The molecule has 2 rings (SSSR count). The Balaban J connectivity index is 1.83. The van der Waals surface area contributed by atoms with Crippen LogP contribution < -0.4 is 16.0 Å². The van der Waals surface area contributed by atoms with Crippen LogP contribution in [0, 0.1) is 0 Å². The third-order valence-electron chi connectivity index (χ3n) is 4.35. The number of sulfone groups is 1. The summed E-state index contributed by atoms with van der Waals surface area (Å²) in [5.74, 6) is 0.669. The number of hydrogen-bond donors (Lipinski definition) is 3. The van der Waals surface area contributed by atoms with Gasteiger partial charge >= 0.3 is 0 Å². The van der Waals surface area contributed by atoms with E-state index in [1.807, 2.05) is 43.3 Å². The second kappa shape index (κ2) is 11.3. The number of nitrogens with zero attached hydrogens (tertiary/aromatic N) is 1. The molecule has 0 saturated heterocycles. The third-order valence-corrected chi connectivity index (χ3v) is 5.48. The van der Waals surface area contributed by atoms with Gasteiger partial charge in [0.1, 0.15) is 0 Å². The number of hydrogen-bond acceptors (Lipinski definition) is 4. The number of amides is 1. The van der Waals surface area contributed by atoms with E-state index < -0.39 is 9.84 Å². The van der Waals surface area contributed by atoms with Crippen molar-refractivity contribution in [3.63, 3.8) is 0 Å². The van der Waals surface area contributed by atoms with Crippen LogP contribution in [0.2, 0.25) is 0 Å². The van der Waals surface area contributed by atoms with Crippen molar-refractivity contribution in [3.05, 3.63) is 59.7 Å². The molecule has 2 aromatic carbocycles. The third kappa shape index (κ3) is 8.24. The Morgan fingerprint density at radius 3 is 2.10 bits per heavy atom. The second-order valence-electron chi connectivity index (χ2n) is 6.98. The molecule has 7 nitrogen and oxygen atoms in total. The second-order valence-corrected chi connectivity index (χ2v) is 9.00. The van der Waals surface area contributed by atoms with E-state index in [4.69, 9.17) is 0 Å². The molecule has 3 N–H and O–H groups in total. The Morgan fingerprint density at radius 1 is 0.933 bits per heavy atom. The van der Waals surface area contributed by atoms with Crippen LogP contribution in [-0.4, -0.2) is 46.2 Å². The summed E-state index contributed by atoms with van der Waals surface area (Å²) in [6.07, 6.45) is 2.76. The van der Waals surface area contributed by atoms with E-state index in [0.29, 0.717) is 11.4 Å². The largest absolute Gasteiger partial charge is 0.357 e. The number of aliphatic imine (C=N–C) groups is 1. The maximum atomic E-state index is 11.5. The van der Waals surface area contributed by atoms with Crippen LogP contribution in [0.3, 0.4) is 0 Å². The number of carbonyl (C=O) groups is 1. The number of rotatable bonds is 9. The molecule has 0 heterocycles. The van der Waals surface area contributed by atoms with Crippen LogP contribution in [0.15, 0.2) is 58.4 Å². The van der Waals surface area contributed by atoms with Crippen molar-refractivity contribution in [3.8, 4) is 0 Å². The Morgan fingerprint density at radius 2 is 1.53 bits per heavy atom. The molecule has 0 saturated carbocycles. The molecule has 162 valence electrons. The maximum absolute atomic E-state index is 11.5. The topological polar surface area (TPSA) is 99.7 Å². The summed E-state index contributed by atoms with van der Waals surface area (Å²) in [6.45, 7) is 5.60. The minimum atomic E-state index is -3.17. The van der Waals surface area contributed by atoms with Gasteiger partial charge in [0.25, 0.3) is 0 Å². The number of nitrogens with one attached hydrogen (secondary N) is 3. The highest BCUT2D eigenvalue weighted by Crippen LogP contribution is 2.11. The highest BCUT2D eigenvalue weighted by atomic mass is 32.2. The first kappa shape index (κ1) is 23.4. The fourth-order valence-electron chi connectivity index (χ4n) is 2.83. The van der Waals surface area contributed by atoms with Crippen molar-refractivity contribution < 1.29 is 13.2 Å². The van der Waals surface area contributed by atoms with E-state index in [1.165, 1.54) is 18.7 Å². The first-order valence-electron chi connectivity index (χ1n) is 9.95. The average Bonchev–Trinajstić information content (AvgIpc) is 2.68. The van der Waals surface area contributed by atoms with Gasteiger partial charge in [-0.15, -0.1) is 0 Å². The maximum Gasteiger partial charge on any atom is 0.221 e. The average molecular weight is 431 g/mol. The fourth-order valence-corrected chi connectivity index (χ4v) is 3.46. The van der Waals surface area contributed by atoms with Crippen LogP contribution in [0.5, 0.6) is 0 Å². The lowest BCUT2D eigenvalue weighted by Crippen LogP contribution is -2.38. The van der Waals surface area contributed by atoms with Gasteiger partial charge in [0.15, 0.2) is 15.8 Å². The van der Waals surface area contributed by atoms with Crippen molar-refractivity contribution in [2.45, 2.75) is 31.6 Å². The molecule has 0 radical (unpaired) electrons.